The first-order valence-corrected chi connectivity index (χ1v) is 11.4. The number of nitrogens with zero attached hydrogens (tertiary/aromatic N) is 1. The molecule has 8 nitrogen and oxygen atoms in total. The largest absolute Gasteiger partial charge is 0.497 e. The molecule has 9 heteroatoms. The summed E-state index contributed by atoms with van der Waals surface area (Å²) in [7, 11) is 0.652. The van der Waals surface area contributed by atoms with Gasteiger partial charge >= 0.3 is 0 Å². The van der Waals surface area contributed by atoms with Crippen molar-refractivity contribution in [3.8, 4) is 23.0 Å². The van der Waals surface area contributed by atoms with E-state index in [1.165, 1.54) is 24.6 Å². The molecule has 0 N–H and O–H groups in total. The van der Waals surface area contributed by atoms with Crippen molar-refractivity contribution in [1.29, 1.82) is 0 Å². The Morgan fingerprint density at radius 3 is 2.23 bits per heavy atom. The van der Waals surface area contributed by atoms with Crippen LogP contribution in [-0.4, -0.2) is 58.5 Å². The molecule has 2 aromatic rings. The number of sulfonamides is 1. The van der Waals surface area contributed by atoms with E-state index < -0.39 is 15.6 Å². The molecule has 1 spiro atoms. The number of benzene rings is 2. The minimum atomic E-state index is -3.80. The van der Waals surface area contributed by atoms with E-state index in [9.17, 15) is 13.2 Å². The Kier molecular flexibility index (Phi) is 5.57. The maximum absolute atomic E-state index is 13.3. The van der Waals surface area contributed by atoms with Gasteiger partial charge < -0.3 is 18.9 Å². The molecule has 2 aliphatic heterocycles. The molecule has 2 heterocycles. The second kappa shape index (κ2) is 8.05. The van der Waals surface area contributed by atoms with Crippen LogP contribution in [0.1, 0.15) is 29.6 Å². The minimum absolute atomic E-state index is 0.0223. The summed E-state index contributed by atoms with van der Waals surface area (Å²) in [6, 6.07) is 9.85. The van der Waals surface area contributed by atoms with Gasteiger partial charge in [-0.25, -0.2) is 8.42 Å². The highest BCUT2D eigenvalue weighted by Gasteiger charge is 2.45. The van der Waals surface area contributed by atoms with Crippen molar-refractivity contribution in [2.24, 2.45) is 0 Å². The third-order valence-corrected chi connectivity index (χ3v) is 7.84. The predicted octanol–water partition coefficient (Wildman–Crippen LogP) is 2.90. The monoisotopic (exact) mass is 447 g/mol. The lowest BCUT2D eigenvalue weighted by molar-refractivity contribution is 0.00582. The fourth-order valence-corrected chi connectivity index (χ4v) is 5.75. The van der Waals surface area contributed by atoms with Crippen LogP contribution in [0.25, 0.3) is 0 Å². The maximum Gasteiger partial charge on any atom is 0.246 e. The second-order valence-corrected chi connectivity index (χ2v) is 9.57. The SMILES string of the molecule is COc1ccc2c(c1)C(=O)CC1(CCN(S(=O)(=O)c3cc(OC)ccc3OC)CC1)O2. The molecule has 0 bridgehead atoms. The van der Waals surface area contributed by atoms with Crippen LogP contribution in [-0.2, 0) is 10.0 Å². The quantitative estimate of drug-likeness (QED) is 0.696. The summed E-state index contributed by atoms with van der Waals surface area (Å²) >= 11 is 0. The molecule has 0 atom stereocenters. The average molecular weight is 448 g/mol. The molecule has 2 aromatic carbocycles. The van der Waals surface area contributed by atoms with E-state index in [4.69, 9.17) is 18.9 Å². The second-order valence-electron chi connectivity index (χ2n) is 7.67. The number of methoxy groups -OCH3 is 3. The number of hydrogen-bond acceptors (Lipinski definition) is 7. The molecule has 166 valence electrons. The van der Waals surface area contributed by atoms with Crippen LogP contribution in [0, 0.1) is 0 Å². The third kappa shape index (κ3) is 3.83. The third-order valence-electron chi connectivity index (χ3n) is 5.92. The number of rotatable bonds is 5. The molecule has 0 radical (unpaired) electrons. The fraction of sp³-hybridized carbons (Fsp3) is 0.409. The molecule has 2 aliphatic rings. The lowest BCUT2D eigenvalue weighted by atomic mass is 9.83. The molecule has 31 heavy (non-hydrogen) atoms. The highest BCUT2D eigenvalue weighted by atomic mass is 32.2. The van der Waals surface area contributed by atoms with E-state index in [0.717, 1.165) is 0 Å². The van der Waals surface area contributed by atoms with Crippen LogP contribution in [0.3, 0.4) is 0 Å². The molecule has 1 saturated heterocycles. The number of piperidine rings is 1. The van der Waals surface area contributed by atoms with Gasteiger partial charge in [0.05, 0.1) is 33.3 Å². The van der Waals surface area contributed by atoms with Crippen LogP contribution in [0.15, 0.2) is 41.3 Å². The average Bonchev–Trinajstić information content (AvgIpc) is 2.78. The number of ketones is 1. The number of fused-ring (bicyclic) bond motifs is 1. The van der Waals surface area contributed by atoms with Gasteiger partial charge in [0.1, 0.15) is 33.5 Å². The summed E-state index contributed by atoms with van der Waals surface area (Å²) in [5.41, 5.74) is -0.204. The fourth-order valence-electron chi connectivity index (χ4n) is 4.14. The van der Waals surface area contributed by atoms with Crippen LogP contribution in [0.4, 0.5) is 0 Å². The summed E-state index contributed by atoms with van der Waals surface area (Å²) < 4.78 is 49.9. The Hall–Kier alpha value is -2.78. The van der Waals surface area contributed by atoms with Crippen molar-refractivity contribution in [2.45, 2.75) is 29.8 Å². The zero-order chi connectivity index (χ0) is 22.2. The number of carbonyl (C=O) groups is 1. The standard InChI is InChI=1S/C22H25NO7S/c1-27-15-4-6-19-17(12-15)18(24)14-22(30-19)8-10-23(11-9-22)31(25,26)21-13-16(28-2)5-7-20(21)29-3/h4-7,12-13H,8-11,14H2,1-3H3. The van der Waals surface area contributed by atoms with Gasteiger partial charge in [-0.1, -0.05) is 0 Å². The highest BCUT2D eigenvalue weighted by Crippen LogP contribution is 2.42. The van der Waals surface area contributed by atoms with Crippen molar-refractivity contribution in [3.63, 3.8) is 0 Å². The minimum Gasteiger partial charge on any atom is -0.497 e. The van der Waals surface area contributed by atoms with Gasteiger partial charge in [-0.15, -0.1) is 0 Å². The summed E-state index contributed by atoms with van der Waals surface area (Å²) in [5, 5.41) is 0. The van der Waals surface area contributed by atoms with E-state index >= 15 is 0 Å². The molecule has 0 aliphatic carbocycles. The van der Waals surface area contributed by atoms with Crippen molar-refractivity contribution >= 4 is 15.8 Å². The van der Waals surface area contributed by atoms with Crippen molar-refractivity contribution in [2.75, 3.05) is 34.4 Å². The van der Waals surface area contributed by atoms with E-state index in [1.54, 1.807) is 37.4 Å². The van der Waals surface area contributed by atoms with Crippen molar-refractivity contribution < 1.29 is 32.2 Å². The van der Waals surface area contributed by atoms with Gasteiger partial charge in [-0.2, -0.15) is 4.31 Å². The number of ether oxygens (including phenoxy) is 4. The smallest absolute Gasteiger partial charge is 0.246 e. The van der Waals surface area contributed by atoms with Gasteiger partial charge in [-0.3, -0.25) is 4.79 Å². The first-order chi connectivity index (χ1) is 14.8. The summed E-state index contributed by atoms with van der Waals surface area (Å²) in [6.45, 7) is 0.475. The topological polar surface area (TPSA) is 91.4 Å². The Labute approximate surface area is 181 Å². The number of hydrogen-bond donors (Lipinski definition) is 0. The van der Waals surface area contributed by atoms with Gasteiger partial charge in [-0.05, 0) is 30.3 Å². The molecule has 0 amide bonds. The van der Waals surface area contributed by atoms with Crippen molar-refractivity contribution in [3.05, 3.63) is 42.0 Å². The van der Waals surface area contributed by atoms with Gasteiger partial charge in [0.15, 0.2) is 5.78 Å². The first-order valence-electron chi connectivity index (χ1n) is 9.94. The predicted molar refractivity (Wildman–Crippen MR) is 113 cm³/mol. The molecular weight excluding hydrogens is 422 g/mol. The Morgan fingerprint density at radius 2 is 1.58 bits per heavy atom. The molecule has 0 aromatic heterocycles. The number of Topliss-reactive ketones (excluding diaryl/α,β-unsaturated/α-hetero) is 1. The van der Waals surface area contributed by atoms with Crippen LogP contribution in [0.2, 0.25) is 0 Å². The molecule has 1 fully saturated rings. The van der Waals surface area contributed by atoms with Crippen LogP contribution >= 0.6 is 0 Å². The van der Waals surface area contributed by atoms with E-state index in [2.05, 4.69) is 0 Å². The van der Waals surface area contributed by atoms with Gasteiger partial charge in [0, 0.05) is 32.0 Å². The normalized spacial score (nSPS) is 18.2. The number of carbonyl (C=O) groups excluding carboxylic acids is 1. The van der Waals surface area contributed by atoms with E-state index in [0.29, 0.717) is 35.7 Å². The summed E-state index contributed by atoms with van der Waals surface area (Å²) in [5.74, 6) is 1.78. The Morgan fingerprint density at radius 1 is 0.935 bits per heavy atom. The Balaban J connectivity index is 1.55. The lowest BCUT2D eigenvalue weighted by Gasteiger charge is -2.43. The zero-order valence-corrected chi connectivity index (χ0v) is 18.5. The summed E-state index contributed by atoms with van der Waals surface area (Å²) in [4.78, 5) is 12.8. The van der Waals surface area contributed by atoms with E-state index in [1.807, 2.05) is 0 Å². The van der Waals surface area contributed by atoms with Crippen LogP contribution in [0.5, 0.6) is 23.0 Å². The highest BCUT2D eigenvalue weighted by molar-refractivity contribution is 7.89. The molecule has 0 saturated carbocycles. The van der Waals surface area contributed by atoms with Crippen molar-refractivity contribution in [1.82, 2.24) is 4.31 Å². The maximum atomic E-state index is 13.3. The molecule has 0 unspecified atom stereocenters. The van der Waals surface area contributed by atoms with Gasteiger partial charge in [0.25, 0.3) is 0 Å². The Bertz CT molecular complexity index is 1100. The summed E-state index contributed by atoms with van der Waals surface area (Å²) in [6.07, 6.45) is 1.04. The van der Waals surface area contributed by atoms with Crippen LogP contribution < -0.4 is 18.9 Å². The molecule has 4 rings (SSSR count). The van der Waals surface area contributed by atoms with Gasteiger partial charge in [0.2, 0.25) is 10.0 Å². The zero-order valence-electron chi connectivity index (χ0n) is 17.7. The lowest BCUT2D eigenvalue weighted by Crippen LogP contribution is -2.52. The molecular formula is C22H25NO7S. The van der Waals surface area contributed by atoms with E-state index in [-0.39, 0.29) is 35.9 Å². The first kappa shape index (κ1) is 21.5.